The molecule has 3 aliphatic carbocycles. The fourth-order valence-electron chi connectivity index (χ4n) is 6.40. The van der Waals surface area contributed by atoms with Gasteiger partial charge in [-0.1, -0.05) is 55.0 Å². The Bertz CT molecular complexity index is 1610. The van der Waals surface area contributed by atoms with E-state index < -0.39 is 0 Å². The average Bonchev–Trinajstić information content (AvgIpc) is 3.27. The first kappa shape index (κ1) is 25.3. The second-order valence-corrected chi connectivity index (χ2v) is 11.5. The maximum absolute atomic E-state index is 13.3. The molecule has 5 heteroatoms. The Morgan fingerprint density at radius 2 is 1.69 bits per heavy atom. The highest BCUT2D eigenvalue weighted by Crippen LogP contribution is 2.66. The molecule has 3 saturated carbocycles. The second kappa shape index (κ2) is 9.64. The largest absolute Gasteiger partial charge is 0.455 e. The molecule has 1 amide bonds. The highest BCUT2D eigenvalue weighted by molar-refractivity contribution is 6.13. The molecule has 39 heavy (non-hydrogen) atoms. The summed E-state index contributed by atoms with van der Waals surface area (Å²) in [5, 5.41) is 3.43. The molecule has 0 saturated heterocycles. The van der Waals surface area contributed by atoms with Crippen molar-refractivity contribution in [2.75, 3.05) is 7.05 Å². The van der Waals surface area contributed by atoms with E-state index in [-0.39, 0.29) is 29.3 Å². The zero-order chi connectivity index (χ0) is 27.3. The molecule has 0 unspecified atom stereocenters. The van der Waals surface area contributed by atoms with Crippen LogP contribution in [0.3, 0.4) is 0 Å². The predicted octanol–water partition coefficient (Wildman–Crippen LogP) is 7.33. The average molecular weight is 520 g/mol. The Morgan fingerprint density at radius 3 is 2.33 bits per heavy atom. The Labute approximate surface area is 228 Å². The summed E-state index contributed by atoms with van der Waals surface area (Å²) >= 11 is 0. The number of nitrogens with one attached hydrogen (secondary N) is 1. The number of hydrogen-bond donors (Lipinski definition) is 1. The van der Waals surface area contributed by atoms with Crippen molar-refractivity contribution < 1.29 is 18.8 Å². The van der Waals surface area contributed by atoms with Crippen molar-refractivity contribution in [3.05, 3.63) is 82.9 Å². The molecule has 1 heterocycles. The van der Waals surface area contributed by atoms with E-state index >= 15 is 0 Å². The van der Waals surface area contributed by atoms with Gasteiger partial charge in [0.2, 0.25) is 5.91 Å². The fourth-order valence-corrected chi connectivity index (χ4v) is 6.40. The van der Waals surface area contributed by atoms with Crippen molar-refractivity contribution in [3.63, 3.8) is 0 Å². The molecule has 7 rings (SSSR count). The number of aryl methyl sites for hydroxylation is 1. The number of Topliss-reactive ketones (excluding diaryl/α,β-unsaturated/α-hetero) is 2. The third kappa shape index (κ3) is 4.50. The van der Waals surface area contributed by atoms with Crippen LogP contribution in [-0.4, -0.2) is 24.5 Å². The number of rotatable bonds is 9. The standard InChI is InChI=1S/C34H33NO4/c1-4-28(36)32-27-15-26(23-6-5-7-24(12-23)29(37)19-34-16-21(17-34)18-34)25(14-31(38)35-3)13-30(27)39-33(32)22-10-8-20(2)9-11-22/h5-13,15,21H,4,14,16-19H2,1-3H3,(H,35,38). The number of ketones is 2. The van der Waals surface area contributed by atoms with Crippen LogP contribution in [0, 0.1) is 18.3 Å². The first-order valence-corrected chi connectivity index (χ1v) is 13.8. The van der Waals surface area contributed by atoms with Crippen LogP contribution in [0.5, 0.6) is 0 Å². The minimum Gasteiger partial charge on any atom is -0.455 e. The van der Waals surface area contributed by atoms with Crippen molar-refractivity contribution in [1.29, 1.82) is 0 Å². The number of fused-ring (bicyclic) bond motifs is 1. The van der Waals surface area contributed by atoms with Crippen LogP contribution in [0.2, 0.25) is 0 Å². The maximum atomic E-state index is 13.3. The number of amides is 1. The number of carbonyl (C=O) groups is 3. The normalized spacial score (nSPS) is 19.3. The summed E-state index contributed by atoms with van der Waals surface area (Å²) in [6.45, 7) is 3.87. The highest BCUT2D eigenvalue weighted by atomic mass is 16.3. The van der Waals surface area contributed by atoms with Crippen LogP contribution in [0.1, 0.15) is 70.9 Å². The Hall–Kier alpha value is -3.99. The van der Waals surface area contributed by atoms with E-state index in [2.05, 4.69) is 5.32 Å². The smallest absolute Gasteiger partial charge is 0.224 e. The molecule has 0 radical (unpaired) electrons. The third-order valence-corrected chi connectivity index (χ3v) is 8.65. The van der Waals surface area contributed by atoms with E-state index in [4.69, 9.17) is 4.42 Å². The maximum Gasteiger partial charge on any atom is 0.224 e. The lowest BCUT2D eigenvalue weighted by molar-refractivity contribution is -0.119. The third-order valence-electron chi connectivity index (χ3n) is 8.65. The summed E-state index contributed by atoms with van der Waals surface area (Å²) in [5.74, 6) is 1.43. The summed E-state index contributed by atoms with van der Waals surface area (Å²) < 4.78 is 6.33. The van der Waals surface area contributed by atoms with Crippen LogP contribution in [0.15, 0.2) is 65.1 Å². The topological polar surface area (TPSA) is 76.4 Å². The van der Waals surface area contributed by atoms with Gasteiger partial charge in [-0.2, -0.15) is 0 Å². The van der Waals surface area contributed by atoms with Crippen LogP contribution in [-0.2, 0) is 11.2 Å². The van der Waals surface area contributed by atoms with Crippen molar-refractivity contribution in [3.8, 4) is 22.5 Å². The van der Waals surface area contributed by atoms with Gasteiger partial charge >= 0.3 is 0 Å². The molecule has 0 aliphatic heterocycles. The van der Waals surface area contributed by atoms with E-state index in [1.807, 2.05) is 74.5 Å². The first-order chi connectivity index (χ1) is 18.8. The van der Waals surface area contributed by atoms with Crippen molar-refractivity contribution >= 4 is 28.4 Å². The van der Waals surface area contributed by atoms with Gasteiger partial charge in [0.15, 0.2) is 11.6 Å². The van der Waals surface area contributed by atoms with E-state index in [1.165, 1.54) is 19.3 Å². The van der Waals surface area contributed by atoms with Gasteiger partial charge in [0.1, 0.15) is 11.3 Å². The van der Waals surface area contributed by atoms with Gasteiger partial charge in [0, 0.05) is 36.4 Å². The van der Waals surface area contributed by atoms with Crippen molar-refractivity contribution in [1.82, 2.24) is 5.32 Å². The summed E-state index contributed by atoms with van der Waals surface area (Å²) in [6, 6.07) is 19.5. The summed E-state index contributed by atoms with van der Waals surface area (Å²) in [4.78, 5) is 39.0. The first-order valence-electron chi connectivity index (χ1n) is 13.8. The summed E-state index contributed by atoms with van der Waals surface area (Å²) in [6.07, 6.45) is 4.65. The molecule has 0 spiro atoms. The Kier molecular flexibility index (Phi) is 6.25. The van der Waals surface area contributed by atoms with Crippen LogP contribution in [0.4, 0.5) is 0 Å². The van der Waals surface area contributed by atoms with Crippen LogP contribution >= 0.6 is 0 Å². The highest BCUT2D eigenvalue weighted by Gasteiger charge is 2.56. The molecular formula is C34H33NO4. The number of carbonyl (C=O) groups excluding carboxylic acids is 3. The lowest BCUT2D eigenvalue weighted by atomic mass is 9.43. The molecule has 3 fully saturated rings. The lowest BCUT2D eigenvalue weighted by Gasteiger charge is -2.62. The van der Waals surface area contributed by atoms with Gasteiger partial charge < -0.3 is 9.73 Å². The van der Waals surface area contributed by atoms with Crippen molar-refractivity contribution in [2.45, 2.75) is 52.4 Å². The quantitative estimate of drug-likeness (QED) is 0.235. The van der Waals surface area contributed by atoms with Gasteiger partial charge in [-0.05, 0) is 72.4 Å². The molecule has 198 valence electrons. The Morgan fingerprint density at radius 1 is 0.949 bits per heavy atom. The zero-order valence-electron chi connectivity index (χ0n) is 22.7. The number of hydrogen-bond acceptors (Lipinski definition) is 4. The van der Waals surface area contributed by atoms with Gasteiger partial charge in [-0.3, -0.25) is 14.4 Å². The Balaban J connectivity index is 1.49. The molecular weight excluding hydrogens is 486 g/mol. The molecule has 4 aromatic rings. The minimum atomic E-state index is -0.123. The predicted molar refractivity (Wildman–Crippen MR) is 153 cm³/mol. The van der Waals surface area contributed by atoms with Gasteiger partial charge in [0.05, 0.1) is 12.0 Å². The van der Waals surface area contributed by atoms with Crippen molar-refractivity contribution in [2.24, 2.45) is 11.3 Å². The molecule has 1 aromatic heterocycles. The number of furan rings is 1. The molecule has 5 nitrogen and oxygen atoms in total. The molecule has 0 atom stereocenters. The van der Waals surface area contributed by atoms with E-state index in [1.54, 1.807) is 7.05 Å². The fraction of sp³-hybridized carbons (Fsp3) is 0.324. The molecule has 3 aliphatic rings. The monoisotopic (exact) mass is 519 g/mol. The van der Waals surface area contributed by atoms with Crippen LogP contribution in [0.25, 0.3) is 33.4 Å². The van der Waals surface area contributed by atoms with E-state index in [9.17, 15) is 14.4 Å². The summed E-state index contributed by atoms with van der Waals surface area (Å²) in [7, 11) is 1.62. The number of likely N-dealkylation sites (N-methyl/N-ethyl adjacent to an activating group) is 1. The summed E-state index contributed by atoms with van der Waals surface area (Å²) in [5.41, 5.74) is 6.48. The minimum absolute atomic E-state index is 0.00295. The van der Waals surface area contributed by atoms with Gasteiger partial charge in [-0.15, -0.1) is 0 Å². The van der Waals surface area contributed by atoms with Gasteiger partial charge in [0.25, 0.3) is 0 Å². The van der Waals surface area contributed by atoms with Crippen LogP contribution < -0.4 is 5.32 Å². The number of benzene rings is 3. The molecule has 2 bridgehead atoms. The van der Waals surface area contributed by atoms with E-state index in [0.717, 1.165) is 39.1 Å². The lowest BCUT2D eigenvalue weighted by Crippen LogP contribution is -2.52. The van der Waals surface area contributed by atoms with E-state index in [0.29, 0.717) is 35.3 Å². The molecule has 3 aromatic carbocycles. The SMILES string of the molecule is CCC(=O)c1c(-c2ccc(C)cc2)oc2cc(CC(=O)NC)c(-c3cccc(C(=O)CC45CC(C4)C5)c3)cc12. The molecule has 1 N–H and O–H groups in total. The zero-order valence-corrected chi connectivity index (χ0v) is 22.7. The second-order valence-electron chi connectivity index (χ2n) is 11.5. The van der Waals surface area contributed by atoms with Gasteiger partial charge in [-0.25, -0.2) is 0 Å².